The Hall–Kier alpha value is -2.54. The van der Waals surface area contributed by atoms with Crippen LogP contribution in [0.15, 0.2) is 30.5 Å². The fourth-order valence-corrected chi connectivity index (χ4v) is 4.18. The average molecular weight is 414 g/mol. The summed E-state index contributed by atoms with van der Waals surface area (Å²) >= 11 is 1.44. The highest BCUT2D eigenvalue weighted by Gasteiger charge is 2.14. The van der Waals surface area contributed by atoms with E-state index in [9.17, 15) is 14.4 Å². The molecule has 1 N–H and O–H groups in total. The lowest BCUT2D eigenvalue weighted by atomic mass is 10.1. The standard InChI is InChI=1S/C22H27N3O3S/c1-16-5-10-20(29-16)19(27)9-7-18(26)8-12-22(28)24-21-11-6-17(15-23-21)25-13-3-2-4-14-25/h5-6,10-11,15H,2-4,7-9,12-14H2,1H3,(H,23,24,28). The molecule has 29 heavy (non-hydrogen) atoms. The fraction of sp³-hybridized carbons (Fsp3) is 0.455. The van der Waals surface area contributed by atoms with Crippen LogP contribution in [0.1, 0.15) is 59.5 Å². The van der Waals surface area contributed by atoms with Crippen LogP contribution in [0.5, 0.6) is 0 Å². The first-order chi connectivity index (χ1) is 14.0. The Morgan fingerprint density at radius 3 is 2.41 bits per heavy atom. The van der Waals surface area contributed by atoms with Crippen LogP contribution in [-0.2, 0) is 9.59 Å². The molecule has 154 valence electrons. The molecule has 0 aliphatic carbocycles. The van der Waals surface area contributed by atoms with Gasteiger partial charge in [-0.25, -0.2) is 4.98 Å². The summed E-state index contributed by atoms with van der Waals surface area (Å²) in [7, 11) is 0. The molecule has 0 unspecified atom stereocenters. The van der Waals surface area contributed by atoms with Crippen molar-refractivity contribution >= 4 is 40.3 Å². The topological polar surface area (TPSA) is 79.4 Å². The Morgan fingerprint density at radius 1 is 1.00 bits per heavy atom. The molecule has 2 aromatic heterocycles. The summed E-state index contributed by atoms with van der Waals surface area (Å²) < 4.78 is 0. The quantitative estimate of drug-likeness (QED) is 0.617. The third-order valence-electron chi connectivity index (χ3n) is 5.01. The van der Waals surface area contributed by atoms with E-state index < -0.39 is 0 Å². The molecule has 6 nitrogen and oxygen atoms in total. The summed E-state index contributed by atoms with van der Waals surface area (Å²) in [5.74, 6) is 0.164. The largest absolute Gasteiger partial charge is 0.370 e. The number of Topliss-reactive ketones (excluding diaryl/α,β-unsaturated/α-hetero) is 2. The maximum atomic E-state index is 12.1. The van der Waals surface area contributed by atoms with E-state index in [-0.39, 0.29) is 43.2 Å². The predicted octanol–water partition coefficient (Wildman–Crippen LogP) is 4.39. The molecular formula is C22H27N3O3S. The van der Waals surface area contributed by atoms with Gasteiger partial charge in [-0.2, -0.15) is 0 Å². The summed E-state index contributed by atoms with van der Waals surface area (Å²) in [5, 5.41) is 2.73. The van der Waals surface area contributed by atoms with Crippen LogP contribution >= 0.6 is 11.3 Å². The van der Waals surface area contributed by atoms with Gasteiger partial charge in [-0.1, -0.05) is 0 Å². The second-order valence-corrected chi connectivity index (χ2v) is 8.66. The lowest BCUT2D eigenvalue weighted by Gasteiger charge is -2.28. The molecule has 0 bridgehead atoms. The van der Waals surface area contributed by atoms with E-state index >= 15 is 0 Å². The number of ketones is 2. The molecule has 7 heteroatoms. The van der Waals surface area contributed by atoms with E-state index in [2.05, 4.69) is 15.2 Å². The molecule has 1 aliphatic heterocycles. The van der Waals surface area contributed by atoms with Crippen molar-refractivity contribution in [3.05, 3.63) is 40.2 Å². The zero-order valence-electron chi connectivity index (χ0n) is 16.8. The highest BCUT2D eigenvalue weighted by Crippen LogP contribution is 2.20. The highest BCUT2D eigenvalue weighted by molar-refractivity contribution is 7.14. The number of rotatable bonds is 9. The number of hydrogen-bond acceptors (Lipinski definition) is 6. The van der Waals surface area contributed by atoms with Gasteiger partial charge >= 0.3 is 0 Å². The minimum absolute atomic E-state index is 0.0149. The van der Waals surface area contributed by atoms with Gasteiger partial charge in [-0.3, -0.25) is 14.4 Å². The van der Waals surface area contributed by atoms with Gasteiger partial charge < -0.3 is 10.2 Å². The van der Waals surface area contributed by atoms with E-state index in [1.54, 1.807) is 18.3 Å². The lowest BCUT2D eigenvalue weighted by molar-refractivity contribution is -0.122. The van der Waals surface area contributed by atoms with E-state index in [4.69, 9.17) is 0 Å². The Morgan fingerprint density at radius 2 is 1.76 bits per heavy atom. The van der Waals surface area contributed by atoms with E-state index in [0.29, 0.717) is 10.7 Å². The Balaban J connectivity index is 1.37. The number of carbonyl (C=O) groups excluding carboxylic acids is 3. The number of thiophene rings is 1. The maximum absolute atomic E-state index is 12.1. The molecule has 0 atom stereocenters. The molecule has 3 heterocycles. The fourth-order valence-electron chi connectivity index (χ4n) is 3.34. The minimum Gasteiger partial charge on any atom is -0.370 e. The second kappa shape index (κ2) is 10.3. The SMILES string of the molecule is Cc1ccc(C(=O)CCC(=O)CCC(=O)Nc2ccc(N3CCCCC3)cn2)s1. The first-order valence-corrected chi connectivity index (χ1v) is 10.9. The van der Waals surface area contributed by atoms with Gasteiger partial charge in [0, 0.05) is 43.6 Å². The molecule has 0 aromatic carbocycles. The first-order valence-electron chi connectivity index (χ1n) is 10.1. The van der Waals surface area contributed by atoms with Gasteiger partial charge in [0.25, 0.3) is 0 Å². The monoisotopic (exact) mass is 413 g/mol. The van der Waals surface area contributed by atoms with Gasteiger partial charge in [0.1, 0.15) is 11.6 Å². The number of piperidine rings is 1. The van der Waals surface area contributed by atoms with Crippen LogP contribution in [-0.4, -0.2) is 35.5 Å². The van der Waals surface area contributed by atoms with Crippen molar-refractivity contribution in [1.82, 2.24) is 4.98 Å². The predicted molar refractivity (Wildman–Crippen MR) is 116 cm³/mol. The number of aryl methyl sites for hydroxylation is 1. The van der Waals surface area contributed by atoms with Crippen molar-refractivity contribution in [3.63, 3.8) is 0 Å². The van der Waals surface area contributed by atoms with Crippen molar-refractivity contribution in [2.45, 2.75) is 51.9 Å². The smallest absolute Gasteiger partial charge is 0.225 e. The number of hydrogen-bond donors (Lipinski definition) is 1. The van der Waals surface area contributed by atoms with Crippen molar-refractivity contribution in [3.8, 4) is 0 Å². The Bertz CT molecular complexity index is 854. The summed E-state index contributed by atoms with van der Waals surface area (Å²) in [4.78, 5) is 44.5. The van der Waals surface area contributed by atoms with Crippen molar-refractivity contribution in [2.24, 2.45) is 0 Å². The molecule has 2 aromatic rings. The van der Waals surface area contributed by atoms with Crippen LogP contribution < -0.4 is 10.2 Å². The lowest BCUT2D eigenvalue weighted by Crippen LogP contribution is -2.29. The second-order valence-electron chi connectivity index (χ2n) is 7.37. The number of anilines is 2. The molecule has 0 saturated carbocycles. The normalized spacial score (nSPS) is 13.9. The van der Waals surface area contributed by atoms with Crippen LogP contribution in [0, 0.1) is 6.92 Å². The zero-order valence-corrected chi connectivity index (χ0v) is 17.6. The van der Waals surface area contributed by atoms with Gasteiger partial charge in [0.05, 0.1) is 16.8 Å². The first kappa shape index (κ1) is 21.2. The third kappa shape index (κ3) is 6.49. The minimum atomic E-state index is -0.239. The van der Waals surface area contributed by atoms with Gasteiger partial charge in [0.15, 0.2) is 5.78 Å². The molecule has 0 radical (unpaired) electrons. The average Bonchev–Trinajstić information content (AvgIpc) is 3.18. The summed E-state index contributed by atoms with van der Waals surface area (Å²) in [6, 6.07) is 7.46. The molecular weight excluding hydrogens is 386 g/mol. The summed E-state index contributed by atoms with van der Waals surface area (Å²) in [5.41, 5.74) is 1.07. The molecule has 0 spiro atoms. The number of pyridine rings is 1. The molecule has 3 rings (SSSR count). The number of nitrogens with one attached hydrogen (secondary N) is 1. The molecule has 1 fully saturated rings. The number of aromatic nitrogens is 1. The molecule has 1 amide bonds. The van der Waals surface area contributed by atoms with Crippen LogP contribution in [0.2, 0.25) is 0 Å². The third-order valence-corrected chi connectivity index (χ3v) is 6.06. The highest BCUT2D eigenvalue weighted by atomic mass is 32.1. The van der Waals surface area contributed by atoms with Crippen LogP contribution in [0.25, 0.3) is 0 Å². The van der Waals surface area contributed by atoms with E-state index in [0.717, 1.165) is 23.7 Å². The van der Waals surface area contributed by atoms with E-state index in [1.165, 1.54) is 30.6 Å². The molecule has 1 aliphatic rings. The molecule has 1 saturated heterocycles. The summed E-state index contributed by atoms with van der Waals surface area (Å²) in [6.07, 6.45) is 6.06. The van der Waals surface area contributed by atoms with Crippen molar-refractivity contribution in [2.75, 3.05) is 23.3 Å². The van der Waals surface area contributed by atoms with Gasteiger partial charge in [-0.05, 0) is 50.5 Å². The van der Waals surface area contributed by atoms with E-state index in [1.807, 2.05) is 19.1 Å². The van der Waals surface area contributed by atoms with Crippen LogP contribution in [0.4, 0.5) is 11.5 Å². The number of carbonyl (C=O) groups is 3. The Kier molecular flexibility index (Phi) is 7.52. The zero-order chi connectivity index (χ0) is 20.6. The van der Waals surface area contributed by atoms with Crippen molar-refractivity contribution < 1.29 is 14.4 Å². The number of nitrogens with zero attached hydrogens (tertiary/aromatic N) is 2. The maximum Gasteiger partial charge on any atom is 0.225 e. The van der Waals surface area contributed by atoms with Gasteiger partial charge in [-0.15, -0.1) is 11.3 Å². The number of amides is 1. The Labute approximate surface area is 175 Å². The van der Waals surface area contributed by atoms with Crippen molar-refractivity contribution in [1.29, 1.82) is 0 Å². The summed E-state index contributed by atoms with van der Waals surface area (Å²) in [6.45, 7) is 4.04. The van der Waals surface area contributed by atoms with Crippen LogP contribution in [0.3, 0.4) is 0 Å². The van der Waals surface area contributed by atoms with Gasteiger partial charge in [0.2, 0.25) is 5.91 Å².